The molecule has 322 valence electrons. The molecule has 4 atom stereocenters. The Bertz CT molecular complexity index is 2600. The molecule has 2 aliphatic heterocycles. The van der Waals surface area contributed by atoms with E-state index < -0.39 is 29.9 Å². The number of rotatable bonds is 13. The number of fused-ring (bicyclic) bond motifs is 1. The van der Waals surface area contributed by atoms with Crippen molar-refractivity contribution in [2.75, 3.05) is 32.8 Å². The fourth-order valence-electron chi connectivity index (χ4n) is 8.08. The fraction of sp³-hybridized carbons (Fsp3) is 0.364. The Morgan fingerprint density at radius 2 is 1.81 bits per heavy atom. The van der Waals surface area contributed by atoms with E-state index in [-0.39, 0.29) is 73.2 Å². The van der Waals surface area contributed by atoms with Crippen LogP contribution in [0.2, 0.25) is 0 Å². The average molecular weight is 862 g/mol. The lowest BCUT2D eigenvalue weighted by atomic mass is 9.91. The summed E-state index contributed by atoms with van der Waals surface area (Å²) in [7, 11) is 0. The zero-order valence-electron chi connectivity index (χ0n) is 34.6. The van der Waals surface area contributed by atoms with Gasteiger partial charge in [0.05, 0.1) is 40.5 Å². The minimum absolute atomic E-state index is 0.00358. The van der Waals surface area contributed by atoms with Crippen LogP contribution >= 0.6 is 11.3 Å². The first-order chi connectivity index (χ1) is 29.9. The number of amides is 4. The van der Waals surface area contributed by atoms with Crippen molar-refractivity contribution in [3.8, 4) is 33.3 Å². The number of aryl methyl sites for hydroxylation is 1. The predicted octanol–water partition coefficient (Wildman–Crippen LogP) is 4.45. The first-order valence-electron chi connectivity index (χ1n) is 20.4. The van der Waals surface area contributed by atoms with Gasteiger partial charge in [0.2, 0.25) is 11.8 Å². The number of nitrogens with zero attached hydrogens (tertiary/aromatic N) is 6. The summed E-state index contributed by atoms with van der Waals surface area (Å²) in [5, 5.41) is 39.8. The van der Waals surface area contributed by atoms with Gasteiger partial charge in [-0.3, -0.25) is 19.2 Å². The van der Waals surface area contributed by atoms with Gasteiger partial charge in [0.1, 0.15) is 24.3 Å². The van der Waals surface area contributed by atoms with Crippen molar-refractivity contribution in [1.82, 2.24) is 45.8 Å². The number of aromatic nitrogens is 5. The molecule has 0 saturated carbocycles. The third-order valence-electron chi connectivity index (χ3n) is 11.5. The molecule has 2 saturated heterocycles. The lowest BCUT2D eigenvalue weighted by molar-refractivity contribution is -0.148. The molecule has 18 heteroatoms. The van der Waals surface area contributed by atoms with Crippen molar-refractivity contribution >= 4 is 46.0 Å². The van der Waals surface area contributed by atoms with Crippen LogP contribution in [0.1, 0.15) is 67.7 Å². The predicted molar refractivity (Wildman–Crippen MR) is 228 cm³/mol. The number of β-amino-alcohol motifs (C(OH)–C–C–N with tert-alkyl or cyclic N) is 1. The van der Waals surface area contributed by atoms with Gasteiger partial charge >= 0.3 is 11.8 Å². The van der Waals surface area contributed by atoms with Crippen molar-refractivity contribution in [1.29, 1.82) is 0 Å². The van der Waals surface area contributed by atoms with Crippen LogP contribution in [-0.4, -0.2) is 114 Å². The Balaban J connectivity index is 0.813. The third-order valence-corrected chi connectivity index (χ3v) is 12.5. The van der Waals surface area contributed by atoms with Crippen molar-refractivity contribution in [3.05, 3.63) is 95.0 Å². The van der Waals surface area contributed by atoms with Gasteiger partial charge in [-0.15, -0.1) is 21.5 Å². The van der Waals surface area contributed by atoms with Crippen LogP contribution in [0.25, 0.3) is 32.7 Å². The van der Waals surface area contributed by atoms with Gasteiger partial charge in [-0.2, -0.15) is 0 Å². The van der Waals surface area contributed by atoms with Crippen LogP contribution in [0.4, 0.5) is 0 Å². The SMILES string of the molecule is Cc1ncsc1-c1ccc([C@H](C)NC(=O)[C@@H]2C[C@@H](O)CN2C(=O)[C@@H](c2cc(OCCNC(=O)C(=O)N3CC(c4c[nH]c5nnc(-c6ccccc6O)cc45)C3)no2)C(C)C)cc1. The first kappa shape index (κ1) is 42.0. The number of aliphatic hydroxyl groups excluding tert-OH is 1. The van der Waals surface area contributed by atoms with Crippen LogP contribution in [0.5, 0.6) is 11.6 Å². The number of para-hydroxylation sites is 1. The molecule has 0 aliphatic carbocycles. The zero-order chi connectivity index (χ0) is 43.7. The second-order valence-electron chi connectivity index (χ2n) is 16.1. The van der Waals surface area contributed by atoms with E-state index in [1.54, 1.807) is 35.6 Å². The first-order valence-corrected chi connectivity index (χ1v) is 21.3. The molecular weight excluding hydrogens is 815 g/mol. The number of H-pyrrole nitrogens is 1. The topological polar surface area (TPSA) is 229 Å². The summed E-state index contributed by atoms with van der Waals surface area (Å²) < 4.78 is 11.3. The van der Waals surface area contributed by atoms with Crippen molar-refractivity contribution < 1.29 is 38.7 Å². The molecule has 2 fully saturated rings. The number of aromatic amines is 1. The number of likely N-dealkylation sites (tertiary alicyclic amines) is 2. The minimum atomic E-state index is -0.889. The number of phenols is 1. The number of nitrogens with one attached hydrogen (secondary N) is 3. The number of carbonyl (C=O) groups excluding carboxylic acids is 4. The maximum absolute atomic E-state index is 14.1. The molecule has 17 nitrogen and oxygen atoms in total. The van der Waals surface area contributed by atoms with E-state index in [0.29, 0.717) is 30.0 Å². The van der Waals surface area contributed by atoms with E-state index in [9.17, 15) is 29.4 Å². The number of hydrogen-bond acceptors (Lipinski definition) is 13. The molecule has 2 aromatic carbocycles. The smallest absolute Gasteiger partial charge is 0.311 e. The monoisotopic (exact) mass is 861 g/mol. The van der Waals surface area contributed by atoms with Crippen LogP contribution in [0, 0.1) is 12.8 Å². The number of carbonyl (C=O) groups is 4. The summed E-state index contributed by atoms with van der Waals surface area (Å²) in [5.74, 6) is -2.89. The zero-order valence-corrected chi connectivity index (χ0v) is 35.4. The molecule has 6 aromatic rings. The standard InChI is InChI=1S/C44H47N9O8S/c1-23(2)38(43(58)53-21-29(54)15-34(53)41(56)48-24(3)26-9-11-27(12-10-26)39-25(4)47-22-62-39)36-17-37(51-61-36)60-14-13-45-42(57)44(59)52-19-28(20-52)32-18-46-40-31(32)16-33(49-50-40)30-7-5-6-8-35(30)55/h5-12,16-18,22-24,28-29,34,38,54-55H,13-15,19-21H2,1-4H3,(H,45,57)(H,46,50)(H,48,56)/t24-,29+,34-,38+/m0/s1. The number of thiazole rings is 1. The van der Waals surface area contributed by atoms with E-state index in [2.05, 4.69) is 36.0 Å². The van der Waals surface area contributed by atoms with Crippen LogP contribution in [0.3, 0.4) is 0 Å². The number of phenolic OH excluding ortho intramolecular Hbond substituents is 1. The number of benzene rings is 2. The highest BCUT2D eigenvalue weighted by Gasteiger charge is 2.44. The molecule has 8 rings (SSSR count). The molecule has 62 heavy (non-hydrogen) atoms. The molecule has 0 spiro atoms. The Labute approximate surface area is 360 Å². The van der Waals surface area contributed by atoms with Crippen molar-refractivity contribution in [3.63, 3.8) is 0 Å². The van der Waals surface area contributed by atoms with E-state index in [0.717, 1.165) is 32.6 Å². The molecule has 2 aliphatic rings. The molecule has 5 N–H and O–H groups in total. The van der Waals surface area contributed by atoms with E-state index in [4.69, 9.17) is 9.26 Å². The minimum Gasteiger partial charge on any atom is -0.507 e. The number of aliphatic hydroxyl groups is 1. The lowest BCUT2D eigenvalue weighted by Crippen LogP contribution is -2.53. The molecule has 0 unspecified atom stereocenters. The van der Waals surface area contributed by atoms with Gasteiger partial charge in [0.15, 0.2) is 11.4 Å². The Kier molecular flexibility index (Phi) is 12.0. The summed E-state index contributed by atoms with van der Waals surface area (Å²) in [6.07, 6.45) is 1.05. The summed E-state index contributed by atoms with van der Waals surface area (Å²) in [6, 6.07) is 16.9. The van der Waals surface area contributed by atoms with Crippen molar-refractivity contribution in [2.24, 2.45) is 5.92 Å². The summed E-state index contributed by atoms with van der Waals surface area (Å²) in [4.78, 5) is 64.8. The fourth-order valence-corrected chi connectivity index (χ4v) is 8.90. The highest BCUT2D eigenvalue weighted by atomic mass is 32.1. The third kappa shape index (κ3) is 8.60. The average Bonchev–Trinajstić information content (AvgIpc) is 4.06. The summed E-state index contributed by atoms with van der Waals surface area (Å²) in [6.45, 7) is 8.18. The van der Waals surface area contributed by atoms with Gasteiger partial charge in [-0.1, -0.05) is 50.2 Å². The van der Waals surface area contributed by atoms with Gasteiger partial charge < -0.3 is 44.9 Å². The van der Waals surface area contributed by atoms with Gasteiger partial charge in [-0.05, 0) is 59.8 Å². The Morgan fingerprint density at radius 1 is 1.03 bits per heavy atom. The van der Waals surface area contributed by atoms with Gasteiger partial charge in [0, 0.05) is 55.2 Å². The number of hydrogen-bond donors (Lipinski definition) is 5. The molecule has 6 heterocycles. The molecule has 4 amide bonds. The largest absolute Gasteiger partial charge is 0.507 e. The second-order valence-corrected chi connectivity index (χ2v) is 16.9. The normalized spacial score (nSPS) is 17.5. The highest BCUT2D eigenvalue weighted by Crippen LogP contribution is 2.36. The summed E-state index contributed by atoms with van der Waals surface area (Å²) in [5.41, 5.74) is 7.30. The van der Waals surface area contributed by atoms with Crippen LogP contribution in [0.15, 0.2) is 76.9 Å². The number of aromatic hydroxyl groups is 1. The lowest BCUT2D eigenvalue weighted by Gasteiger charge is -2.38. The van der Waals surface area contributed by atoms with E-state index in [1.165, 1.54) is 15.9 Å². The maximum atomic E-state index is 14.1. The van der Waals surface area contributed by atoms with Gasteiger partial charge in [0.25, 0.3) is 5.88 Å². The van der Waals surface area contributed by atoms with Crippen LogP contribution in [-0.2, 0) is 19.2 Å². The Hall–Kier alpha value is -6.66. The van der Waals surface area contributed by atoms with Crippen LogP contribution < -0.4 is 15.4 Å². The van der Waals surface area contributed by atoms with E-state index in [1.807, 2.05) is 69.7 Å². The highest BCUT2D eigenvalue weighted by molar-refractivity contribution is 7.13. The quantitative estimate of drug-likeness (QED) is 0.0802. The van der Waals surface area contributed by atoms with Crippen molar-refractivity contribution in [2.45, 2.75) is 64.1 Å². The summed E-state index contributed by atoms with van der Waals surface area (Å²) >= 11 is 1.57. The Morgan fingerprint density at radius 3 is 2.53 bits per heavy atom. The molecule has 4 aromatic heterocycles. The molecular formula is C44H47N9O8S. The molecule has 0 bridgehead atoms. The van der Waals surface area contributed by atoms with Gasteiger partial charge in [-0.25, -0.2) is 4.98 Å². The second kappa shape index (κ2) is 17.7. The number of ether oxygens (including phenoxy) is 1. The molecule has 0 radical (unpaired) electrons. The maximum Gasteiger partial charge on any atom is 0.311 e. The van der Waals surface area contributed by atoms with E-state index >= 15 is 0 Å².